The molecule has 0 saturated carbocycles. The molecular formula is C19H23F2N5O4S. The zero-order valence-electron chi connectivity index (χ0n) is 17.0. The van der Waals surface area contributed by atoms with Crippen LogP contribution in [0.3, 0.4) is 0 Å². The second-order valence-corrected chi connectivity index (χ2v) is 9.58. The molecule has 0 bridgehead atoms. The van der Waals surface area contributed by atoms with E-state index in [-0.39, 0.29) is 42.7 Å². The van der Waals surface area contributed by atoms with Crippen LogP contribution in [0.5, 0.6) is 5.88 Å². The summed E-state index contributed by atoms with van der Waals surface area (Å²) in [4.78, 5) is 17.3. The number of nitrogens with zero attached hydrogens (tertiary/aromatic N) is 4. The molecule has 9 nitrogen and oxygen atoms in total. The highest BCUT2D eigenvalue weighted by atomic mass is 32.2. The maximum Gasteiger partial charge on any atom is 0.321 e. The number of carbonyl (C=O) groups excluding carboxylic acids is 1. The normalized spacial score (nSPS) is 18.1. The van der Waals surface area contributed by atoms with Crippen LogP contribution >= 0.6 is 0 Å². The molecular weight excluding hydrogens is 432 g/mol. The molecule has 1 aliphatic rings. The second kappa shape index (κ2) is 9.08. The Morgan fingerprint density at radius 1 is 1.26 bits per heavy atom. The summed E-state index contributed by atoms with van der Waals surface area (Å²) < 4.78 is 59.0. The third kappa shape index (κ3) is 5.06. The second-order valence-electron chi connectivity index (χ2n) is 7.30. The number of pyridine rings is 1. The molecule has 2 aromatic rings. The first kappa shape index (κ1) is 22.8. The van der Waals surface area contributed by atoms with Crippen LogP contribution < -0.4 is 10.1 Å². The van der Waals surface area contributed by atoms with E-state index in [9.17, 15) is 17.6 Å². The molecule has 2 atom stereocenters. The standard InChI is InChI=1S/C19H23F2N5O4S/c1-13(20)30-17-4-3-16(12-22-17)31(28,29)19(2,21)14-6-9-26(10-7-14)18(27)25-15-5-8-23-24-11-15/h3-5,8,11-14H,6-7,9-10H2,1-2H3,(H,23,25,27). The van der Waals surface area contributed by atoms with E-state index in [0.29, 0.717) is 5.69 Å². The van der Waals surface area contributed by atoms with Crippen LogP contribution in [0.1, 0.15) is 26.7 Å². The number of amides is 2. The summed E-state index contributed by atoms with van der Waals surface area (Å²) >= 11 is 0. The van der Waals surface area contributed by atoms with E-state index in [1.165, 1.54) is 23.4 Å². The molecule has 1 fully saturated rings. The van der Waals surface area contributed by atoms with Crippen LogP contribution in [0.25, 0.3) is 0 Å². The maximum absolute atomic E-state index is 15.6. The number of likely N-dealkylation sites (tertiary alicyclic amines) is 1. The minimum absolute atomic E-state index is 0.0989. The van der Waals surface area contributed by atoms with Gasteiger partial charge in [-0.05, 0) is 31.9 Å². The summed E-state index contributed by atoms with van der Waals surface area (Å²) in [5.74, 6) is -0.913. The third-order valence-electron chi connectivity index (χ3n) is 5.18. The number of sulfone groups is 1. The number of anilines is 1. The first-order valence-electron chi connectivity index (χ1n) is 9.64. The van der Waals surface area contributed by atoms with Gasteiger partial charge in [-0.1, -0.05) is 0 Å². The number of hydrogen-bond acceptors (Lipinski definition) is 7. The Kier molecular flexibility index (Phi) is 6.68. The number of halogens is 2. The Hall–Kier alpha value is -2.89. The van der Waals surface area contributed by atoms with Gasteiger partial charge < -0.3 is 15.0 Å². The van der Waals surface area contributed by atoms with Crippen molar-refractivity contribution in [2.24, 2.45) is 5.92 Å². The van der Waals surface area contributed by atoms with E-state index in [1.54, 1.807) is 6.07 Å². The van der Waals surface area contributed by atoms with Gasteiger partial charge in [-0.25, -0.2) is 27.0 Å². The molecule has 1 N–H and O–H groups in total. The van der Waals surface area contributed by atoms with Gasteiger partial charge in [0.05, 0.1) is 23.0 Å². The van der Waals surface area contributed by atoms with Gasteiger partial charge in [0.1, 0.15) is 0 Å². The largest absolute Gasteiger partial charge is 0.444 e. The van der Waals surface area contributed by atoms with Crippen LogP contribution in [0, 0.1) is 5.92 Å². The predicted octanol–water partition coefficient (Wildman–Crippen LogP) is 2.97. The summed E-state index contributed by atoms with van der Waals surface area (Å²) in [6.45, 7) is 2.58. The summed E-state index contributed by atoms with van der Waals surface area (Å²) in [7, 11) is -4.38. The topological polar surface area (TPSA) is 114 Å². The number of carbonyl (C=O) groups is 1. The van der Waals surface area contributed by atoms with Crippen molar-refractivity contribution in [3.05, 3.63) is 36.8 Å². The van der Waals surface area contributed by atoms with E-state index in [4.69, 9.17) is 4.74 Å². The van der Waals surface area contributed by atoms with Gasteiger partial charge in [-0.3, -0.25) is 0 Å². The lowest BCUT2D eigenvalue weighted by Gasteiger charge is -2.37. The van der Waals surface area contributed by atoms with Crippen LogP contribution in [-0.2, 0) is 9.84 Å². The highest BCUT2D eigenvalue weighted by Crippen LogP contribution is 2.39. The van der Waals surface area contributed by atoms with Crippen LogP contribution in [0.4, 0.5) is 19.3 Å². The molecule has 2 aromatic heterocycles. The molecule has 0 spiro atoms. The summed E-state index contributed by atoms with van der Waals surface area (Å²) in [5, 5.41) is 7.40. The Balaban J connectivity index is 1.65. The summed E-state index contributed by atoms with van der Waals surface area (Å²) in [6.07, 6.45) is 2.51. The number of ether oxygens (including phenoxy) is 1. The smallest absolute Gasteiger partial charge is 0.321 e. The molecule has 2 amide bonds. The van der Waals surface area contributed by atoms with Crippen molar-refractivity contribution in [3.63, 3.8) is 0 Å². The molecule has 3 rings (SSSR count). The van der Waals surface area contributed by atoms with E-state index in [1.807, 2.05) is 0 Å². The first-order chi connectivity index (χ1) is 14.6. The molecule has 2 unspecified atom stereocenters. The molecule has 12 heteroatoms. The van der Waals surface area contributed by atoms with Crippen LogP contribution in [0.15, 0.2) is 41.7 Å². The fraction of sp³-hybridized carbons (Fsp3) is 0.474. The zero-order chi connectivity index (χ0) is 22.6. The van der Waals surface area contributed by atoms with Crippen molar-refractivity contribution in [1.29, 1.82) is 0 Å². The van der Waals surface area contributed by atoms with Crippen molar-refractivity contribution in [3.8, 4) is 5.88 Å². The number of urea groups is 1. The van der Waals surface area contributed by atoms with Gasteiger partial charge in [-0.2, -0.15) is 10.2 Å². The van der Waals surface area contributed by atoms with Crippen LogP contribution in [0.2, 0.25) is 0 Å². The molecule has 1 saturated heterocycles. The SMILES string of the molecule is CC(F)Oc1ccc(S(=O)(=O)C(C)(F)C2CCN(C(=O)Nc3ccnnc3)CC2)cn1. The first-order valence-corrected chi connectivity index (χ1v) is 11.1. The van der Waals surface area contributed by atoms with Crippen molar-refractivity contribution < 1.29 is 26.7 Å². The van der Waals surface area contributed by atoms with Crippen LogP contribution in [-0.4, -0.2) is 59.0 Å². The molecule has 31 heavy (non-hydrogen) atoms. The van der Waals surface area contributed by atoms with Crippen molar-refractivity contribution in [1.82, 2.24) is 20.1 Å². The average molecular weight is 455 g/mol. The van der Waals surface area contributed by atoms with Gasteiger partial charge in [0.2, 0.25) is 27.1 Å². The number of nitrogens with one attached hydrogen (secondary N) is 1. The quantitative estimate of drug-likeness (QED) is 0.712. The highest BCUT2D eigenvalue weighted by Gasteiger charge is 2.48. The highest BCUT2D eigenvalue weighted by molar-refractivity contribution is 7.92. The molecule has 0 aromatic carbocycles. The number of alkyl halides is 2. The van der Waals surface area contributed by atoms with Gasteiger partial charge in [0, 0.05) is 38.2 Å². The molecule has 168 valence electrons. The Bertz CT molecular complexity index is 996. The average Bonchev–Trinajstić information content (AvgIpc) is 2.74. The lowest BCUT2D eigenvalue weighted by Crippen LogP contribution is -2.48. The Morgan fingerprint density at radius 2 is 1.97 bits per heavy atom. The minimum atomic E-state index is -4.38. The Morgan fingerprint density at radius 3 is 2.52 bits per heavy atom. The monoisotopic (exact) mass is 455 g/mol. The van der Waals surface area contributed by atoms with Crippen molar-refractivity contribution in [2.75, 3.05) is 18.4 Å². The van der Waals surface area contributed by atoms with Gasteiger partial charge >= 0.3 is 6.03 Å². The number of hydrogen-bond donors (Lipinski definition) is 1. The lowest BCUT2D eigenvalue weighted by molar-refractivity contribution is 0.0808. The van der Waals surface area contributed by atoms with E-state index in [2.05, 4.69) is 20.5 Å². The zero-order valence-corrected chi connectivity index (χ0v) is 17.8. The van der Waals surface area contributed by atoms with E-state index in [0.717, 1.165) is 26.1 Å². The molecule has 0 radical (unpaired) electrons. The maximum atomic E-state index is 15.6. The number of aromatic nitrogens is 3. The number of rotatable bonds is 6. The van der Waals surface area contributed by atoms with Gasteiger partial charge in [0.25, 0.3) is 0 Å². The third-order valence-corrected chi connectivity index (χ3v) is 7.42. The van der Waals surface area contributed by atoms with Crippen molar-refractivity contribution >= 4 is 21.6 Å². The molecule has 0 aliphatic carbocycles. The molecule has 3 heterocycles. The fourth-order valence-electron chi connectivity index (χ4n) is 3.38. The summed E-state index contributed by atoms with van der Waals surface area (Å²) in [5.41, 5.74) is 0.474. The minimum Gasteiger partial charge on any atom is -0.444 e. The van der Waals surface area contributed by atoms with Gasteiger partial charge in [0.15, 0.2) is 0 Å². The fourth-order valence-corrected chi connectivity index (χ4v) is 4.95. The predicted molar refractivity (Wildman–Crippen MR) is 107 cm³/mol. The molecule has 1 aliphatic heterocycles. The number of piperidine rings is 1. The van der Waals surface area contributed by atoms with E-state index < -0.39 is 27.1 Å². The summed E-state index contributed by atoms with van der Waals surface area (Å²) in [6, 6.07) is 3.53. The van der Waals surface area contributed by atoms with E-state index >= 15 is 4.39 Å². The Labute approximate surface area is 178 Å². The lowest BCUT2D eigenvalue weighted by atomic mass is 9.92. The van der Waals surface area contributed by atoms with Gasteiger partial charge in [-0.15, -0.1) is 0 Å². The van der Waals surface area contributed by atoms with Crippen molar-refractivity contribution in [2.45, 2.75) is 42.9 Å².